The normalized spacial score (nSPS) is 14.0. The molecule has 1 aromatic heterocycles. The molecular formula is C27H33N5O2. The number of rotatable bonds is 5. The first-order valence-corrected chi connectivity index (χ1v) is 11.8. The third-order valence-corrected chi connectivity index (χ3v) is 6.21. The first kappa shape index (κ1) is 23.5. The third-order valence-electron chi connectivity index (χ3n) is 6.21. The van der Waals surface area contributed by atoms with Crippen LogP contribution in [-0.4, -0.2) is 54.2 Å². The highest BCUT2D eigenvalue weighted by atomic mass is 16.5. The Kier molecular flexibility index (Phi) is 7.30. The topological polar surface area (TPSA) is 70.6 Å². The Hall–Kier alpha value is -3.61. The van der Waals surface area contributed by atoms with Crippen molar-refractivity contribution >= 4 is 17.5 Å². The zero-order valence-electron chi connectivity index (χ0n) is 20.5. The fraction of sp³-hybridized carbons (Fsp3) is 0.370. The van der Waals surface area contributed by atoms with Gasteiger partial charge in [0, 0.05) is 55.6 Å². The monoisotopic (exact) mass is 459 g/mol. The van der Waals surface area contributed by atoms with Gasteiger partial charge in [0.05, 0.1) is 7.11 Å². The zero-order valence-corrected chi connectivity index (χ0v) is 20.5. The van der Waals surface area contributed by atoms with Crippen LogP contribution in [0.15, 0.2) is 48.5 Å². The van der Waals surface area contributed by atoms with Crippen molar-refractivity contribution in [3.8, 4) is 5.75 Å². The summed E-state index contributed by atoms with van der Waals surface area (Å²) in [6, 6.07) is 16.0. The molecule has 178 valence electrons. The first-order chi connectivity index (χ1) is 16.4. The quantitative estimate of drug-likeness (QED) is 0.596. The van der Waals surface area contributed by atoms with Gasteiger partial charge in [-0.15, -0.1) is 0 Å². The summed E-state index contributed by atoms with van der Waals surface area (Å²) in [4.78, 5) is 26.6. The van der Waals surface area contributed by atoms with E-state index in [4.69, 9.17) is 9.72 Å². The number of aryl methyl sites for hydroxylation is 3. The van der Waals surface area contributed by atoms with E-state index in [-0.39, 0.29) is 6.03 Å². The molecule has 1 N–H and O–H groups in total. The molecule has 0 radical (unpaired) electrons. The van der Waals surface area contributed by atoms with Gasteiger partial charge in [0.15, 0.2) is 0 Å². The maximum absolute atomic E-state index is 12.9. The molecule has 0 atom stereocenters. The molecule has 1 saturated heterocycles. The fourth-order valence-electron chi connectivity index (χ4n) is 4.33. The van der Waals surface area contributed by atoms with Gasteiger partial charge >= 0.3 is 6.03 Å². The molecule has 0 aliphatic carbocycles. The summed E-state index contributed by atoms with van der Waals surface area (Å²) in [6.45, 7) is 9.00. The van der Waals surface area contributed by atoms with Gasteiger partial charge in [-0.05, 0) is 44.9 Å². The lowest BCUT2D eigenvalue weighted by Crippen LogP contribution is -2.38. The largest absolute Gasteiger partial charge is 0.497 e. The second-order valence-corrected chi connectivity index (χ2v) is 8.81. The molecule has 4 rings (SSSR count). The molecule has 0 bridgehead atoms. The first-order valence-electron chi connectivity index (χ1n) is 11.8. The lowest BCUT2D eigenvalue weighted by Gasteiger charge is -2.26. The molecule has 0 unspecified atom stereocenters. The minimum atomic E-state index is -0.0926. The van der Waals surface area contributed by atoms with E-state index in [1.165, 1.54) is 11.1 Å². The smallest absolute Gasteiger partial charge is 0.321 e. The maximum atomic E-state index is 12.9. The molecule has 7 heteroatoms. The van der Waals surface area contributed by atoms with Crippen LogP contribution < -0.4 is 15.0 Å². The summed E-state index contributed by atoms with van der Waals surface area (Å²) in [5.74, 6) is 2.48. The molecule has 2 heterocycles. The van der Waals surface area contributed by atoms with E-state index < -0.39 is 0 Å². The van der Waals surface area contributed by atoms with E-state index in [1.807, 2.05) is 36.1 Å². The number of nitrogens with one attached hydrogen (secondary N) is 1. The number of anilines is 2. The summed E-state index contributed by atoms with van der Waals surface area (Å²) >= 11 is 0. The molecule has 1 aliphatic rings. The number of hydrogen-bond donors (Lipinski definition) is 1. The predicted molar refractivity (Wildman–Crippen MR) is 136 cm³/mol. The Morgan fingerprint density at radius 1 is 1.00 bits per heavy atom. The lowest BCUT2D eigenvalue weighted by molar-refractivity contribution is 0.215. The standard InChI is InChI=1S/C27H33N5O2/c1-19-9-11-22(12-10-19)17-25-20(2)28-21(3)29-26(25)31-13-6-14-32(16-15-31)27(33)30-23-7-5-8-24(18-23)34-4/h5,7-12,18H,6,13-17H2,1-4H3,(H,30,33). The number of benzene rings is 2. The average molecular weight is 460 g/mol. The second kappa shape index (κ2) is 10.5. The van der Waals surface area contributed by atoms with Crippen LogP contribution in [0.1, 0.15) is 34.6 Å². The number of urea groups is 1. The van der Waals surface area contributed by atoms with Crippen LogP contribution in [0.2, 0.25) is 0 Å². The summed E-state index contributed by atoms with van der Waals surface area (Å²) in [5, 5.41) is 3.00. The number of hydrogen-bond acceptors (Lipinski definition) is 5. The van der Waals surface area contributed by atoms with Gasteiger partial charge in [-0.3, -0.25) is 0 Å². The molecular weight excluding hydrogens is 426 g/mol. The van der Waals surface area contributed by atoms with Gasteiger partial charge in [-0.25, -0.2) is 14.8 Å². The van der Waals surface area contributed by atoms with Gasteiger partial charge in [0.1, 0.15) is 17.4 Å². The number of methoxy groups -OCH3 is 1. The molecule has 0 spiro atoms. The molecule has 1 fully saturated rings. The van der Waals surface area contributed by atoms with Crippen LogP contribution in [0.4, 0.5) is 16.3 Å². The molecule has 0 saturated carbocycles. The Morgan fingerprint density at radius 2 is 1.79 bits per heavy atom. The van der Waals surface area contributed by atoms with Crippen molar-refractivity contribution < 1.29 is 9.53 Å². The van der Waals surface area contributed by atoms with Crippen molar-refractivity contribution in [1.82, 2.24) is 14.9 Å². The molecule has 3 aromatic rings. The van der Waals surface area contributed by atoms with E-state index >= 15 is 0 Å². The highest BCUT2D eigenvalue weighted by Gasteiger charge is 2.23. The van der Waals surface area contributed by atoms with Crippen molar-refractivity contribution in [3.05, 3.63) is 76.7 Å². The van der Waals surface area contributed by atoms with E-state index in [9.17, 15) is 4.79 Å². The van der Waals surface area contributed by atoms with Crippen LogP contribution in [-0.2, 0) is 6.42 Å². The van der Waals surface area contributed by atoms with Crippen molar-refractivity contribution in [2.75, 3.05) is 43.5 Å². The van der Waals surface area contributed by atoms with Crippen molar-refractivity contribution in [1.29, 1.82) is 0 Å². The van der Waals surface area contributed by atoms with E-state index in [0.29, 0.717) is 13.1 Å². The summed E-state index contributed by atoms with van der Waals surface area (Å²) in [5.41, 5.74) is 5.40. The Labute approximate surface area is 201 Å². The van der Waals surface area contributed by atoms with E-state index in [2.05, 4.69) is 53.3 Å². The number of aromatic nitrogens is 2. The van der Waals surface area contributed by atoms with Crippen molar-refractivity contribution in [3.63, 3.8) is 0 Å². The molecule has 1 aliphatic heterocycles. The van der Waals surface area contributed by atoms with Gasteiger partial charge in [-0.1, -0.05) is 35.9 Å². The highest BCUT2D eigenvalue weighted by Crippen LogP contribution is 2.26. The van der Waals surface area contributed by atoms with Crippen LogP contribution >= 0.6 is 0 Å². The average Bonchev–Trinajstić information content (AvgIpc) is 3.08. The number of nitrogens with zero attached hydrogens (tertiary/aromatic N) is 4. The SMILES string of the molecule is COc1cccc(NC(=O)N2CCCN(c3nc(C)nc(C)c3Cc3ccc(C)cc3)CC2)c1. The van der Waals surface area contributed by atoms with Crippen LogP contribution in [0.3, 0.4) is 0 Å². The van der Waals surface area contributed by atoms with E-state index in [1.54, 1.807) is 7.11 Å². The fourth-order valence-corrected chi connectivity index (χ4v) is 4.33. The third kappa shape index (κ3) is 5.65. The van der Waals surface area contributed by atoms with Crippen molar-refractivity contribution in [2.45, 2.75) is 33.6 Å². The van der Waals surface area contributed by atoms with Gasteiger partial charge in [0.2, 0.25) is 0 Å². The Balaban J connectivity index is 1.49. The second-order valence-electron chi connectivity index (χ2n) is 8.81. The maximum Gasteiger partial charge on any atom is 0.321 e. The Bertz CT molecular complexity index is 1150. The highest BCUT2D eigenvalue weighted by molar-refractivity contribution is 5.89. The molecule has 7 nitrogen and oxygen atoms in total. The minimum Gasteiger partial charge on any atom is -0.497 e. The number of ether oxygens (including phenoxy) is 1. The summed E-state index contributed by atoms with van der Waals surface area (Å²) < 4.78 is 5.26. The number of carbonyl (C=O) groups excluding carboxylic acids is 1. The summed E-state index contributed by atoms with van der Waals surface area (Å²) in [6.07, 6.45) is 1.66. The predicted octanol–water partition coefficient (Wildman–Crippen LogP) is 4.75. The summed E-state index contributed by atoms with van der Waals surface area (Å²) in [7, 11) is 1.62. The van der Waals surface area contributed by atoms with E-state index in [0.717, 1.165) is 60.3 Å². The van der Waals surface area contributed by atoms with Gasteiger partial charge in [0.25, 0.3) is 0 Å². The molecule has 2 amide bonds. The van der Waals surface area contributed by atoms with Gasteiger partial charge < -0.3 is 19.9 Å². The number of amides is 2. The zero-order chi connectivity index (χ0) is 24.1. The number of carbonyl (C=O) groups is 1. The van der Waals surface area contributed by atoms with Crippen LogP contribution in [0.5, 0.6) is 5.75 Å². The molecule has 2 aromatic carbocycles. The lowest BCUT2D eigenvalue weighted by atomic mass is 10.0. The van der Waals surface area contributed by atoms with Gasteiger partial charge in [-0.2, -0.15) is 0 Å². The molecule has 34 heavy (non-hydrogen) atoms. The minimum absolute atomic E-state index is 0.0926. The Morgan fingerprint density at radius 3 is 2.56 bits per heavy atom. The van der Waals surface area contributed by atoms with Crippen molar-refractivity contribution in [2.24, 2.45) is 0 Å². The van der Waals surface area contributed by atoms with Crippen LogP contribution in [0, 0.1) is 20.8 Å². The van der Waals surface area contributed by atoms with Crippen LogP contribution in [0.25, 0.3) is 0 Å².